The number of likely N-dealkylation sites (N-methyl/N-ethyl adjacent to an activating group) is 1. The fourth-order valence-electron chi connectivity index (χ4n) is 3.56. The summed E-state index contributed by atoms with van der Waals surface area (Å²) >= 11 is 0. The fraction of sp³-hybridized carbons (Fsp3) is 0.304. The molecule has 0 bridgehead atoms. The van der Waals surface area contributed by atoms with E-state index < -0.39 is 10.0 Å². The molecule has 2 aromatic carbocycles. The Labute approximate surface area is 183 Å². The lowest BCUT2D eigenvalue weighted by atomic mass is 10.1. The number of benzene rings is 2. The van der Waals surface area contributed by atoms with Gasteiger partial charge in [-0.25, -0.2) is 18.4 Å². The summed E-state index contributed by atoms with van der Waals surface area (Å²) in [5, 5.41) is 3.32. The number of nitrogens with zero attached hydrogens (tertiary/aromatic N) is 4. The van der Waals surface area contributed by atoms with Crippen molar-refractivity contribution < 1.29 is 8.42 Å². The molecule has 0 unspecified atom stereocenters. The van der Waals surface area contributed by atoms with Gasteiger partial charge in [0.15, 0.2) is 0 Å². The summed E-state index contributed by atoms with van der Waals surface area (Å²) < 4.78 is 27.3. The SMILES string of the molecule is Cc1nc(NCc2ccc(S(=O)(=O)N3CCN(C)CC3)cc2)cc(-c2ccccc2)n1. The minimum absolute atomic E-state index is 0.338. The molecular formula is C23H27N5O2S. The van der Waals surface area contributed by atoms with E-state index in [0.717, 1.165) is 35.7 Å². The van der Waals surface area contributed by atoms with Crippen molar-refractivity contribution in [2.45, 2.75) is 18.4 Å². The van der Waals surface area contributed by atoms with Crippen LogP contribution in [0.4, 0.5) is 5.82 Å². The molecule has 0 aliphatic carbocycles. The van der Waals surface area contributed by atoms with Gasteiger partial charge in [-0.15, -0.1) is 0 Å². The van der Waals surface area contributed by atoms with Crippen LogP contribution in [-0.4, -0.2) is 60.8 Å². The number of aryl methyl sites for hydroxylation is 1. The number of aromatic nitrogens is 2. The van der Waals surface area contributed by atoms with Crippen molar-refractivity contribution in [2.75, 3.05) is 38.5 Å². The molecule has 31 heavy (non-hydrogen) atoms. The number of anilines is 1. The lowest BCUT2D eigenvalue weighted by molar-refractivity contribution is 0.222. The topological polar surface area (TPSA) is 78.4 Å². The van der Waals surface area contributed by atoms with Crippen LogP contribution in [0.25, 0.3) is 11.3 Å². The first-order chi connectivity index (χ1) is 14.9. The summed E-state index contributed by atoms with van der Waals surface area (Å²) in [6, 6.07) is 19.0. The van der Waals surface area contributed by atoms with E-state index in [1.165, 1.54) is 0 Å². The predicted molar refractivity (Wildman–Crippen MR) is 122 cm³/mol. The zero-order valence-corrected chi connectivity index (χ0v) is 18.6. The molecule has 162 valence electrons. The molecule has 7 nitrogen and oxygen atoms in total. The van der Waals surface area contributed by atoms with Gasteiger partial charge in [-0.3, -0.25) is 0 Å². The largest absolute Gasteiger partial charge is 0.366 e. The van der Waals surface area contributed by atoms with E-state index in [-0.39, 0.29) is 0 Å². The highest BCUT2D eigenvalue weighted by Gasteiger charge is 2.27. The summed E-state index contributed by atoms with van der Waals surface area (Å²) in [5.74, 6) is 1.43. The van der Waals surface area contributed by atoms with Gasteiger partial charge in [-0.1, -0.05) is 42.5 Å². The van der Waals surface area contributed by atoms with Crippen molar-refractivity contribution in [3.8, 4) is 11.3 Å². The molecule has 0 saturated carbocycles. The molecule has 0 amide bonds. The first-order valence-corrected chi connectivity index (χ1v) is 11.8. The molecule has 1 N–H and O–H groups in total. The Morgan fingerprint density at radius 2 is 1.61 bits per heavy atom. The minimum Gasteiger partial charge on any atom is -0.366 e. The van der Waals surface area contributed by atoms with E-state index in [0.29, 0.717) is 30.4 Å². The highest BCUT2D eigenvalue weighted by atomic mass is 32.2. The number of sulfonamides is 1. The summed E-state index contributed by atoms with van der Waals surface area (Å²) in [4.78, 5) is 11.5. The van der Waals surface area contributed by atoms with E-state index in [1.54, 1.807) is 16.4 Å². The molecule has 8 heteroatoms. The molecule has 0 spiro atoms. The zero-order chi connectivity index (χ0) is 21.8. The van der Waals surface area contributed by atoms with Crippen molar-refractivity contribution in [1.82, 2.24) is 19.2 Å². The van der Waals surface area contributed by atoms with Crippen molar-refractivity contribution in [3.63, 3.8) is 0 Å². The van der Waals surface area contributed by atoms with Crippen molar-refractivity contribution in [3.05, 3.63) is 72.1 Å². The highest BCUT2D eigenvalue weighted by Crippen LogP contribution is 2.21. The van der Waals surface area contributed by atoms with Gasteiger partial charge in [0.25, 0.3) is 0 Å². The van der Waals surface area contributed by atoms with Gasteiger partial charge in [-0.05, 0) is 31.7 Å². The maximum atomic E-state index is 12.9. The van der Waals surface area contributed by atoms with Gasteiger partial charge in [0.1, 0.15) is 11.6 Å². The maximum Gasteiger partial charge on any atom is 0.243 e. The monoisotopic (exact) mass is 437 g/mol. The summed E-state index contributed by atoms with van der Waals surface area (Å²) in [5.41, 5.74) is 2.88. The zero-order valence-electron chi connectivity index (χ0n) is 17.8. The smallest absolute Gasteiger partial charge is 0.243 e. The molecule has 2 heterocycles. The molecular weight excluding hydrogens is 410 g/mol. The Bertz CT molecular complexity index is 1130. The van der Waals surface area contributed by atoms with Gasteiger partial charge in [0.2, 0.25) is 10.0 Å². The summed E-state index contributed by atoms with van der Waals surface area (Å²) in [6.45, 7) is 4.97. The standard InChI is InChI=1S/C23H27N5O2S/c1-18-25-22(20-6-4-3-5-7-20)16-23(26-18)24-17-19-8-10-21(11-9-19)31(29,30)28-14-12-27(2)13-15-28/h3-11,16H,12-15,17H2,1-2H3,(H,24,25,26). The third-order valence-electron chi connectivity index (χ3n) is 5.40. The second-order valence-electron chi connectivity index (χ2n) is 7.76. The molecule has 0 radical (unpaired) electrons. The summed E-state index contributed by atoms with van der Waals surface area (Å²) in [6.07, 6.45) is 0. The fourth-order valence-corrected chi connectivity index (χ4v) is 4.99. The van der Waals surface area contributed by atoms with Crippen molar-refractivity contribution >= 4 is 15.8 Å². The number of nitrogens with one attached hydrogen (secondary N) is 1. The van der Waals surface area contributed by atoms with Crippen LogP contribution in [0, 0.1) is 6.92 Å². The van der Waals surface area contributed by atoms with Crippen LogP contribution in [0.15, 0.2) is 65.6 Å². The second-order valence-corrected chi connectivity index (χ2v) is 9.69. The second kappa shape index (κ2) is 9.13. The minimum atomic E-state index is -3.45. The van der Waals surface area contributed by atoms with E-state index in [1.807, 2.05) is 62.5 Å². The van der Waals surface area contributed by atoms with E-state index >= 15 is 0 Å². The Balaban J connectivity index is 1.44. The summed E-state index contributed by atoms with van der Waals surface area (Å²) in [7, 11) is -1.44. The van der Waals surface area contributed by atoms with E-state index in [2.05, 4.69) is 20.2 Å². The van der Waals surface area contributed by atoms with Crippen LogP contribution in [0.5, 0.6) is 0 Å². The third-order valence-corrected chi connectivity index (χ3v) is 7.32. The number of rotatable bonds is 6. The lowest BCUT2D eigenvalue weighted by Crippen LogP contribution is -2.46. The average Bonchev–Trinajstić information content (AvgIpc) is 2.78. The van der Waals surface area contributed by atoms with E-state index in [9.17, 15) is 8.42 Å². The van der Waals surface area contributed by atoms with Gasteiger partial charge in [0.05, 0.1) is 10.6 Å². The van der Waals surface area contributed by atoms with Crippen molar-refractivity contribution in [1.29, 1.82) is 0 Å². The van der Waals surface area contributed by atoms with Gasteiger partial charge >= 0.3 is 0 Å². The van der Waals surface area contributed by atoms with Crippen LogP contribution < -0.4 is 5.32 Å². The predicted octanol–water partition coefficient (Wildman–Crippen LogP) is 3.00. The maximum absolute atomic E-state index is 12.9. The van der Waals surface area contributed by atoms with Crippen LogP contribution in [0.3, 0.4) is 0 Å². The molecule has 0 atom stereocenters. The van der Waals surface area contributed by atoms with Gasteiger partial charge < -0.3 is 10.2 Å². The molecule has 4 rings (SSSR count). The first-order valence-electron chi connectivity index (χ1n) is 10.3. The lowest BCUT2D eigenvalue weighted by Gasteiger charge is -2.31. The quantitative estimate of drug-likeness (QED) is 0.639. The van der Waals surface area contributed by atoms with Gasteiger partial charge in [0, 0.05) is 44.4 Å². The van der Waals surface area contributed by atoms with Crippen LogP contribution in [-0.2, 0) is 16.6 Å². The Morgan fingerprint density at radius 1 is 0.935 bits per heavy atom. The molecule has 1 aliphatic heterocycles. The highest BCUT2D eigenvalue weighted by molar-refractivity contribution is 7.89. The molecule has 1 aromatic heterocycles. The van der Waals surface area contributed by atoms with E-state index in [4.69, 9.17) is 0 Å². The van der Waals surface area contributed by atoms with Crippen LogP contribution in [0.1, 0.15) is 11.4 Å². The van der Waals surface area contributed by atoms with Crippen molar-refractivity contribution in [2.24, 2.45) is 0 Å². The normalized spacial score (nSPS) is 15.7. The van der Waals surface area contributed by atoms with Gasteiger partial charge in [-0.2, -0.15) is 4.31 Å². The number of piperazine rings is 1. The van der Waals surface area contributed by atoms with Crippen LogP contribution in [0.2, 0.25) is 0 Å². The first kappa shape index (κ1) is 21.4. The van der Waals surface area contributed by atoms with Crippen LogP contribution >= 0.6 is 0 Å². The number of hydrogen-bond donors (Lipinski definition) is 1. The molecule has 3 aromatic rings. The Morgan fingerprint density at radius 3 is 2.29 bits per heavy atom. The third kappa shape index (κ3) is 5.10. The average molecular weight is 438 g/mol. The molecule has 1 fully saturated rings. The number of hydrogen-bond acceptors (Lipinski definition) is 6. The molecule has 1 saturated heterocycles. The molecule has 1 aliphatic rings. The Hall–Kier alpha value is -2.81. The Kier molecular flexibility index (Phi) is 6.31.